The number of nitriles is 1. The summed E-state index contributed by atoms with van der Waals surface area (Å²) in [6, 6.07) is 16.8. The lowest BCUT2D eigenvalue weighted by atomic mass is 9.84. The third-order valence-electron chi connectivity index (χ3n) is 4.78. The Morgan fingerprint density at radius 3 is 2.43 bits per heavy atom. The first-order chi connectivity index (χ1) is 14.3. The normalized spacial score (nSPS) is 16.4. The van der Waals surface area contributed by atoms with E-state index < -0.39 is 6.04 Å². The van der Waals surface area contributed by atoms with E-state index in [2.05, 4.69) is 16.7 Å². The van der Waals surface area contributed by atoms with Crippen molar-refractivity contribution in [2.24, 2.45) is 5.41 Å². The molecule has 6 nitrogen and oxygen atoms in total. The number of rotatable bonds is 6. The molecule has 1 aliphatic heterocycles. The van der Waals surface area contributed by atoms with Crippen LogP contribution in [0.1, 0.15) is 44.9 Å². The van der Waals surface area contributed by atoms with E-state index in [1.165, 1.54) is 0 Å². The van der Waals surface area contributed by atoms with Crippen LogP contribution in [0.3, 0.4) is 0 Å². The number of nitrogens with one attached hydrogen (secondary N) is 2. The summed E-state index contributed by atoms with van der Waals surface area (Å²) in [5.74, 6) is 1.19. The molecule has 0 radical (unpaired) electrons. The lowest BCUT2D eigenvalue weighted by Crippen LogP contribution is -2.46. The van der Waals surface area contributed by atoms with Crippen LogP contribution in [0.25, 0.3) is 0 Å². The van der Waals surface area contributed by atoms with Gasteiger partial charge in [-0.2, -0.15) is 5.26 Å². The Kier molecular flexibility index (Phi) is 6.31. The number of amides is 2. The maximum atomic E-state index is 12.3. The minimum absolute atomic E-state index is 0.328. The Bertz CT molecular complexity index is 985. The van der Waals surface area contributed by atoms with Crippen molar-refractivity contribution in [2.45, 2.75) is 40.3 Å². The van der Waals surface area contributed by atoms with E-state index in [4.69, 9.17) is 9.47 Å². The number of carbonyl (C=O) groups is 1. The molecule has 6 heteroatoms. The highest BCUT2D eigenvalue weighted by atomic mass is 16.5. The van der Waals surface area contributed by atoms with E-state index >= 15 is 0 Å². The number of carbonyl (C=O) groups excluding carboxylic acids is 1. The minimum Gasteiger partial charge on any atom is -0.490 e. The highest BCUT2D eigenvalue weighted by Gasteiger charge is 2.34. The lowest BCUT2D eigenvalue weighted by molar-refractivity contribution is 0.235. The summed E-state index contributed by atoms with van der Waals surface area (Å²) in [5, 5.41) is 15.5. The molecule has 1 heterocycles. The Morgan fingerprint density at radius 1 is 1.07 bits per heavy atom. The van der Waals surface area contributed by atoms with Crippen LogP contribution < -0.4 is 20.1 Å². The van der Waals surface area contributed by atoms with Gasteiger partial charge in [0.1, 0.15) is 6.61 Å². The summed E-state index contributed by atoms with van der Waals surface area (Å²) in [6.45, 7) is 8.69. The Balaban J connectivity index is 1.94. The molecule has 0 aromatic heterocycles. The van der Waals surface area contributed by atoms with Crippen LogP contribution in [-0.4, -0.2) is 12.6 Å². The second-order valence-electron chi connectivity index (χ2n) is 8.10. The molecule has 2 aromatic carbocycles. The SMILES string of the molecule is CCOc1cc([C@@H]2NC(=O)NC(C(C)(C)C)=C2C#N)ccc1OCc1ccccc1. The summed E-state index contributed by atoms with van der Waals surface area (Å²) >= 11 is 0. The van der Waals surface area contributed by atoms with E-state index in [-0.39, 0.29) is 11.4 Å². The predicted octanol–water partition coefficient (Wildman–Crippen LogP) is 4.84. The van der Waals surface area contributed by atoms with Gasteiger partial charge in [0.25, 0.3) is 0 Å². The third-order valence-corrected chi connectivity index (χ3v) is 4.78. The monoisotopic (exact) mass is 405 g/mol. The number of benzene rings is 2. The number of hydrogen-bond acceptors (Lipinski definition) is 4. The Labute approximate surface area is 177 Å². The zero-order valence-electron chi connectivity index (χ0n) is 17.8. The van der Waals surface area contributed by atoms with Crippen molar-refractivity contribution < 1.29 is 14.3 Å². The summed E-state index contributed by atoms with van der Waals surface area (Å²) in [4.78, 5) is 12.3. The van der Waals surface area contributed by atoms with E-state index in [9.17, 15) is 10.1 Å². The molecular weight excluding hydrogens is 378 g/mol. The minimum atomic E-state index is -0.555. The van der Waals surface area contributed by atoms with Crippen molar-refractivity contribution in [1.29, 1.82) is 5.26 Å². The van der Waals surface area contributed by atoms with Gasteiger partial charge >= 0.3 is 6.03 Å². The van der Waals surface area contributed by atoms with Gasteiger partial charge in [-0.05, 0) is 30.2 Å². The van der Waals surface area contributed by atoms with Gasteiger partial charge < -0.3 is 20.1 Å². The van der Waals surface area contributed by atoms with Gasteiger partial charge in [-0.25, -0.2) is 4.79 Å². The van der Waals surface area contributed by atoms with Crippen LogP contribution in [0.2, 0.25) is 0 Å². The molecule has 0 unspecified atom stereocenters. The molecule has 0 aliphatic carbocycles. The quantitative estimate of drug-likeness (QED) is 0.720. The number of ether oxygens (including phenoxy) is 2. The zero-order chi connectivity index (χ0) is 21.7. The predicted molar refractivity (Wildman–Crippen MR) is 115 cm³/mol. The number of allylic oxidation sites excluding steroid dienone is 1. The maximum absolute atomic E-state index is 12.3. The van der Waals surface area contributed by atoms with Crippen LogP contribution in [-0.2, 0) is 6.61 Å². The van der Waals surface area contributed by atoms with Crippen molar-refractivity contribution in [3.05, 3.63) is 70.9 Å². The van der Waals surface area contributed by atoms with Crippen molar-refractivity contribution in [2.75, 3.05) is 6.61 Å². The van der Waals surface area contributed by atoms with Crippen LogP contribution >= 0.6 is 0 Å². The highest BCUT2D eigenvalue weighted by Crippen LogP contribution is 2.37. The van der Waals surface area contributed by atoms with Crippen molar-refractivity contribution >= 4 is 6.03 Å². The molecule has 0 fully saturated rings. The molecule has 0 saturated heterocycles. The van der Waals surface area contributed by atoms with E-state index in [0.717, 1.165) is 11.1 Å². The fourth-order valence-electron chi connectivity index (χ4n) is 3.35. The Hall–Kier alpha value is -3.46. The number of hydrogen-bond donors (Lipinski definition) is 2. The fraction of sp³-hybridized carbons (Fsp3) is 0.333. The van der Waals surface area contributed by atoms with Crippen molar-refractivity contribution in [3.8, 4) is 17.6 Å². The van der Waals surface area contributed by atoms with Crippen LogP contribution in [0.4, 0.5) is 4.79 Å². The maximum Gasteiger partial charge on any atom is 0.319 e. The second-order valence-corrected chi connectivity index (χ2v) is 8.10. The molecular formula is C24H27N3O3. The Morgan fingerprint density at radius 2 is 1.80 bits per heavy atom. The van der Waals surface area contributed by atoms with Gasteiger partial charge in [0.05, 0.1) is 24.3 Å². The topological polar surface area (TPSA) is 83.4 Å². The number of nitrogens with zero attached hydrogens (tertiary/aromatic N) is 1. The molecule has 0 saturated carbocycles. The first-order valence-corrected chi connectivity index (χ1v) is 9.99. The molecule has 1 atom stereocenters. The number of urea groups is 1. The van der Waals surface area contributed by atoms with Gasteiger partial charge in [-0.15, -0.1) is 0 Å². The highest BCUT2D eigenvalue weighted by molar-refractivity contribution is 5.80. The van der Waals surface area contributed by atoms with Crippen LogP contribution in [0, 0.1) is 16.7 Å². The van der Waals surface area contributed by atoms with Gasteiger partial charge in [-0.3, -0.25) is 0 Å². The molecule has 3 rings (SSSR count). The summed E-state index contributed by atoms with van der Waals surface area (Å²) < 4.78 is 11.8. The molecule has 1 aliphatic rings. The van der Waals surface area contributed by atoms with Crippen LogP contribution in [0.5, 0.6) is 11.5 Å². The first kappa shape index (κ1) is 21.3. The van der Waals surface area contributed by atoms with Gasteiger partial charge in [-0.1, -0.05) is 57.2 Å². The fourth-order valence-corrected chi connectivity index (χ4v) is 3.35. The third kappa shape index (κ3) is 4.74. The summed E-state index contributed by atoms with van der Waals surface area (Å²) in [7, 11) is 0. The standard InChI is InChI=1S/C24H27N3O3/c1-5-29-20-13-17(11-12-19(20)30-15-16-9-7-6-8-10-16)21-18(14-25)22(24(2,3)4)27-23(28)26-21/h6-13,21H,5,15H2,1-4H3,(H2,26,27,28)/t21-/m0/s1. The average molecular weight is 405 g/mol. The first-order valence-electron chi connectivity index (χ1n) is 9.99. The van der Waals surface area contributed by atoms with Crippen molar-refractivity contribution in [3.63, 3.8) is 0 Å². The molecule has 156 valence electrons. The molecule has 0 bridgehead atoms. The van der Waals surface area contributed by atoms with E-state index in [0.29, 0.717) is 36.0 Å². The zero-order valence-corrected chi connectivity index (χ0v) is 17.8. The van der Waals surface area contributed by atoms with E-state index in [1.54, 1.807) is 0 Å². The summed E-state index contributed by atoms with van der Waals surface area (Å²) in [5.41, 5.74) is 2.56. The molecule has 2 N–H and O–H groups in total. The smallest absolute Gasteiger partial charge is 0.319 e. The van der Waals surface area contributed by atoms with Gasteiger partial charge in [0, 0.05) is 11.1 Å². The van der Waals surface area contributed by atoms with Crippen molar-refractivity contribution in [1.82, 2.24) is 10.6 Å². The molecule has 2 amide bonds. The molecule has 0 spiro atoms. The largest absolute Gasteiger partial charge is 0.490 e. The second kappa shape index (κ2) is 8.91. The lowest BCUT2D eigenvalue weighted by Gasteiger charge is -2.33. The van der Waals surface area contributed by atoms with E-state index in [1.807, 2.05) is 76.2 Å². The molecule has 2 aromatic rings. The molecule has 30 heavy (non-hydrogen) atoms. The summed E-state index contributed by atoms with van der Waals surface area (Å²) in [6.07, 6.45) is 0. The van der Waals surface area contributed by atoms with Gasteiger partial charge in [0.2, 0.25) is 0 Å². The van der Waals surface area contributed by atoms with Crippen LogP contribution in [0.15, 0.2) is 59.8 Å². The van der Waals surface area contributed by atoms with Gasteiger partial charge in [0.15, 0.2) is 11.5 Å². The average Bonchev–Trinajstić information content (AvgIpc) is 2.72.